The van der Waals surface area contributed by atoms with Crippen molar-refractivity contribution in [2.45, 2.75) is 45.6 Å². The summed E-state index contributed by atoms with van der Waals surface area (Å²) < 4.78 is 5.40. The molecule has 2 fully saturated rings. The number of methoxy groups -OCH3 is 1. The van der Waals surface area contributed by atoms with Crippen LogP contribution in [0.25, 0.3) is 0 Å². The Morgan fingerprint density at radius 1 is 1.03 bits per heavy atom. The minimum atomic E-state index is -0.0515. The largest absolute Gasteiger partial charge is 0.384 e. The number of carbonyl (C=O) groups excluding carboxylic acids is 1. The summed E-state index contributed by atoms with van der Waals surface area (Å²) in [6, 6.07) is 14.9. The predicted octanol–water partition coefficient (Wildman–Crippen LogP) is 4.88. The van der Waals surface area contributed by atoms with Gasteiger partial charge >= 0.3 is 0 Å². The second-order valence-corrected chi connectivity index (χ2v) is 9.50. The van der Waals surface area contributed by atoms with Gasteiger partial charge in [0, 0.05) is 49.7 Å². The van der Waals surface area contributed by atoms with Crippen molar-refractivity contribution in [3.63, 3.8) is 0 Å². The van der Waals surface area contributed by atoms with E-state index in [1.165, 1.54) is 50.0 Å². The topological polar surface area (TPSA) is 44.8 Å². The number of anilines is 2. The maximum atomic E-state index is 12.6. The first kappa shape index (κ1) is 22.8. The summed E-state index contributed by atoms with van der Waals surface area (Å²) in [5.41, 5.74) is 4.98. The molecule has 5 nitrogen and oxygen atoms in total. The van der Waals surface area contributed by atoms with Crippen LogP contribution in [-0.2, 0) is 4.74 Å². The monoisotopic (exact) mass is 435 g/mol. The van der Waals surface area contributed by atoms with Crippen LogP contribution in [0.15, 0.2) is 42.5 Å². The lowest BCUT2D eigenvalue weighted by atomic mass is 9.94. The molecule has 32 heavy (non-hydrogen) atoms. The molecule has 1 amide bonds. The van der Waals surface area contributed by atoms with E-state index < -0.39 is 0 Å². The van der Waals surface area contributed by atoms with Gasteiger partial charge in [0.1, 0.15) is 0 Å². The minimum Gasteiger partial charge on any atom is -0.384 e. The van der Waals surface area contributed by atoms with E-state index in [0.717, 1.165) is 36.5 Å². The number of rotatable bonds is 6. The average Bonchev–Trinajstić information content (AvgIpc) is 2.80. The number of likely N-dealkylation sites (tertiary alicyclic amines) is 1. The van der Waals surface area contributed by atoms with Gasteiger partial charge in [-0.05, 0) is 87.9 Å². The number of hydrogen-bond donors (Lipinski definition) is 1. The Balaban J connectivity index is 1.30. The van der Waals surface area contributed by atoms with Crippen molar-refractivity contribution in [2.75, 3.05) is 50.1 Å². The fraction of sp³-hybridized carbons (Fsp3) is 0.519. The molecule has 2 saturated heterocycles. The van der Waals surface area contributed by atoms with Crippen LogP contribution >= 0.6 is 0 Å². The van der Waals surface area contributed by atoms with E-state index in [4.69, 9.17) is 4.74 Å². The number of piperidine rings is 2. The summed E-state index contributed by atoms with van der Waals surface area (Å²) in [4.78, 5) is 17.8. The van der Waals surface area contributed by atoms with Crippen molar-refractivity contribution >= 4 is 17.3 Å². The number of aryl methyl sites for hydroxylation is 2. The molecule has 0 spiro atoms. The molecule has 0 saturated carbocycles. The van der Waals surface area contributed by atoms with Crippen LogP contribution < -0.4 is 10.2 Å². The van der Waals surface area contributed by atoms with E-state index in [9.17, 15) is 4.79 Å². The Morgan fingerprint density at radius 3 is 2.47 bits per heavy atom. The van der Waals surface area contributed by atoms with Gasteiger partial charge in [0.25, 0.3) is 5.91 Å². The van der Waals surface area contributed by atoms with Gasteiger partial charge in [-0.3, -0.25) is 9.69 Å². The van der Waals surface area contributed by atoms with Gasteiger partial charge in [-0.25, -0.2) is 0 Å². The van der Waals surface area contributed by atoms with E-state index >= 15 is 0 Å². The lowest BCUT2D eigenvalue weighted by Gasteiger charge is -2.42. The van der Waals surface area contributed by atoms with Gasteiger partial charge in [-0.2, -0.15) is 0 Å². The van der Waals surface area contributed by atoms with E-state index in [2.05, 4.69) is 27.2 Å². The van der Waals surface area contributed by atoms with Crippen LogP contribution in [0, 0.1) is 19.8 Å². The molecule has 2 aliphatic heterocycles. The standard InChI is InChI=1S/C27H37N3O2/c1-20-6-11-26(21(2)17-20)27(31)28-23-7-9-24(10-8-23)29-15-12-25(13-16-29)30-14-4-5-22(18-30)19-32-3/h6-11,17,22,25H,4-5,12-16,18-19H2,1-3H3,(H,28,31)/t22-/m0/s1. The highest BCUT2D eigenvalue weighted by Crippen LogP contribution is 2.27. The number of ether oxygens (including phenoxy) is 1. The lowest BCUT2D eigenvalue weighted by molar-refractivity contribution is 0.0610. The molecule has 2 aliphatic rings. The molecule has 5 heteroatoms. The van der Waals surface area contributed by atoms with Crippen molar-refractivity contribution in [1.82, 2.24) is 4.90 Å². The number of nitrogens with zero attached hydrogens (tertiary/aromatic N) is 2. The minimum absolute atomic E-state index is 0.0515. The zero-order chi connectivity index (χ0) is 22.5. The first-order chi connectivity index (χ1) is 15.5. The Morgan fingerprint density at radius 2 is 1.78 bits per heavy atom. The predicted molar refractivity (Wildman–Crippen MR) is 132 cm³/mol. The Bertz CT molecular complexity index is 902. The fourth-order valence-corrected chi connectivity index (χ4v) is 5.31. The third-order valence-corrected chi connectivity index (χ3v) is 7.05. The van der Waals surface area contributed by atoms with E-state index in [0.29, 0.717) is 12.0 Å². The van der Waals surface area contributed by atoms with Gasteiger partial charge in [0.2, 0.25) is 0 Å². The van der Waals surface area contributed by atoms with Crippen molar-refractivity contribution in [2.24, 2.45) is 5.92 Å². The molecule has 1 atom stereocenters. The summed E-state index contributed by atoms with van der Waals surface area (Å²) in [5.74, 6) is 0.641. The summed E-state index contributed by atoms with van der Waals surface area (Å²) in [6.45, 7) is 9.51. The third kappa shape index (κ3) is 5.51. The second-order valence-electron chi connectivity index (χ2n) is 9.50. The molecule has 172 valence electrons. The van der Waals surface area contributed by atoms with Crippen molar-refractivity contribution in [3.8, 4) is 0 Å². The summed E-state index contributed by atoms with van der Waals surface area (Å²) in [5, 5.41) is 3.04. The van der Waals surface area contributed by atoms with Gasteiger partial charge < -0.3 is 15.0 Å². The summed E-state index contributed by atoms with van der Waals surface area (Å²) in [7, 11) is 1.82. The third-order valence-electron chi connectivity index (χ3n) is 7.05. The molecule has 1 N–H and O–H groups in total. The highest BCUT2D eigenvalue weighted by atomic mass is 16.5. The number of hydrogen-bond acceptors (Lipinski definition) is 4. The molecule has 0 radical (unpaired) electrons. The maximum Gasteiger partial charge on any atom is 0.255 e. The maximum absolute atomic E-state index is 12.6. The van der Waals surface area contributed by atoms with Gasteiger partial charge in [0.05, 0.1) is 6.61 Å². The molecule has 4 rings (SSSR count). The van der Waals surface area contributed by atoms with E-state index in [1.807, 2.05) is 51.3 Å². The SMILES string of the molecule is COC[C@H]1CCCN(C2CCN(c3ccc(NC(=O)c4ccc(C)cc4C)cc3)CC2)C1. The average molecular weight is 436 g/mol. The Kier molecular flexibility index (Phi) is 7.48. The van der Waals surface area contributed by atoms with Crippen LogP contribution in [0.2, 0.25) is 0 Å². The van der Waals surface area contributed by atoms with Gasteiger partial charge in [-0.15, -0.1) is 0 Å². The van der Waals surface area contributed by atoms with Crippen LogP contribution in [0.4, 0.5) is 11.4 Å². The van der Waals surface area contributed by atoms with Crippen molar-refractivity contribution in [1.29, 1.82) is 0 Å². The molecule has 2 aromatic carbocycles. The van der Waals surface area contributed by atoms with Crippen molar-refractivity contribution < 1.29 is 9.53 Å². The van der Waals surface area contributed by atoms with Crippen LogP contribution in [0.3, 0.4) is 0 Å². The highest BCUT2D eigenvalue weighted by molar-refractivity contribution is 6.05. The quantitative estimate of drug-likeness (QED) is 0.702. The van der Waals surface area contributed by atoms with Crippen LogP contribution in [0.1, 0.15) is 47.2 Å². The molecule has 0 bridgehead atoms. The summed E-state index contributed by atoms with van der Waals surface area (Å²) >= 11 is 0. The number of carbonyl (C=O) groups is 1. The molecule has 2 aromatic rings. The Hall–Kier alpha value is -2.37. The normalized spacial score (nSPS) is 20.3. The van der Waals surface area contributed by atoms with Gasteiger partial charge in [-0.1, -0.05) is 17.7 Å². The van der Waals surface area contributed by atoms with Crippen molar-refractivity contribution in [3.05, 3.63) is 59.2 Å². The lowest BCUT2D eigenvalue weighted by Crippen LogP contribution is -2.49. The van der Waals surface area contributed by atoms with Crippen LogP contribution in [0.5, 0.6) is 0 Å². The first-order valence-corrected chi connectivity index (χ1v) is 12.0. The Labute approximate surface area is 192 Å². The zero-order valence-corrected chi connectivity index (χ0v) is 19.8. The smallest absolute Gasteiger partial charge is 0.255 e. The summed E-state index contributed by atoms with van der Waals surface area (Å²) in [6.07, 6.45) is 5.02. The number of amides is 1. The molecule has 2 heterocycles. The molecular weight excluding hydrogens is 398 g/mol. The molecule has 0 unspecified atom stereocenters. The molecule has 0 aliphatic carbocycles. The molecular formula is C27H37N3O2. The van der Waals surface area contributed by atoms with E-state index in [-0.39, 0.29) is 5.91 Å². The number of benzene rings is 2. The zero-order valence-electron chi connectivity index (χ0n) is 19.8. The highest BCUT2D eigenvalue weighted by Gasteiger charge is 2.29. The van der Waals surface area contributed by atoms with E-state index in [1.54, 1.807) is 0 Å². The fourth-order valence-electron chi connectivity index (χ4n) is 5.31. The first-order valence-electron chi connectivity index (χ1n) is 12.0. The number of nitrogens with one attached hydrogen (secondary N) is 1. The molecule has 0 aromatic heterocycles. The van der Waals surface area contributed by atoms with Gasteiger partial charge in [0.15, 0.2) is 0 Å². The second kappa shape index (κ2) is 10.5. The van der Waals surface area contributed by atoms with Crippen LogP contribution in [-0.4, -0.2) is 56.7 Å².